The first-order valence-electron chi connectivity index (χ1n) is 6.45. The van der Waals surface area contributed by atoms with E-state index in [2.05, 4.69) is 17.2 Å². The van der Waals surface area contributed by atoms with Crippen molar-refractivity contribution in [3.63, 3.8) is 0 Å². The minimum Gasteiger partial charge on any atom is -0.444 e. The molecule has 96 valence electrons. The zero-order valence-electron chi connectivity index (χ0n) is 10.7. The molecule has 1 aromatic rings. The van der Waals surface area contributed by atoms with Crippen LogP contribution in [0.1, 0.15) is 43.8 Å². The second-order valence-electron chi connectivity index (χ2n) is 4.84. The van der Waals surface area contributed by atoms with Crippen molar-refractivity contribution in [1.29, 1.82) is 0 Å². The Bertz CT molecular complexity index is 338. The first-order chi connectivity index (χ1) is 8.31. The summed E-state index contributed by atoms with van der Waals surface area (Å²) in [4.78, 5) is 4.32. The lowest BCUT2D eigenvalue weighted by Crippen LogP contribution is -2.18. The lowest BCUT2D eigenvalue weighted by Gasteiger charge is -2.10. The van der Waals surface area contributed by atoms with Crippen molar-refractivity contribution in [3.8, 4) is 0 Å². The molecule has 0 aliphatic heterocycles. The smallest absolute Gasteiger partial charge is 0.208 e. The molecule has 17 heavy (non-hydrogen) atoms. The number of aromatic nitrogens is 1. The van der Waals surface area contributed by atoms with E-state index in [1.165, 1.54) is 19.3 Å². The van der Waals surface area contributed by atoms with Gasteiger partial charge in [0.05, 0.1) is 19.3 Å². The van der Waals surface area contributed by atoms with E-state index in [4.69, 9.17) is 9.15 Å². The maximum atomic E-state index is 5.80. The largest absolute Gasteiger partial charge is 0.444 e. The summed E-state index contributed by atoms with van der Waals surface area (Å²) < 4.78 is 10.8. The zero-order chi connectivity index (χ0) is 12.1. The summed E-state index contributed by atoms with van der Waals surface area (Å²) in [7, 11) is 1.70. The number of nitrogens with one attached hydrogen (secondary N) is 1. The first-order valence-corrected chi connectivity index (χ1v) is 6.45. The number of hydrogen-bond acceptors (Lipinski definition) is 4. The quantitative estimate of drug-likeness (QED) is 0.773. The molecule has 0 saturated heterocycles. The highest BCUT2D eigenvalue weighted by Gasteiger charge is 2.27. The minimum absolute atomic E-state index is 0.579. The zero-order valence-corrected chi connectivity index (χ0v) is 10.7. The fraction of sp³-hybridized carbons (Fsp3) is 0.769. The maximum absolute atomic E-state index is 5.80. The SMILES string of the molecule is COCCNCc1ncc(C2CCCC2C)o1. The van der Waals surface area contributed by atoms with Crippen molar-refractivity contribution in [1.82, 2.24) is 10.3 Å². The van der Waals surface area contributed by atoms with Crippen molar-refractivity contribution in [3.05, 3.63) is 17.8 Å². The van der Waals surface area contributed by atoms with E-state index in [1.807, 2.05) is 6.20 Å². The normalized spacial score (nSPS) is 24.4. The Balaban J connectivity index is 1.83. The predicted molar refractivity (Wildman–Crippen MR) is 65.8 cm³/mol. The van der Waals surface area contributed by atoms with Crippen molar-refractivity contribution >= 4 is 0 Å². The molecular weight excluding hydrogens is 216 g/mol. The van der Waals surface area contributed by atoms with Gasteiger partial charge in [-0.05, 0) is 18.8 Å². The molecule has 4 heteroatoms. The Morgan fingerprint density at radius 3 is 3.12 bits per heavy atom. The van der Waals surface area contributed by atoms with Crippen molar-refractivity contribution < 1.29 is 9.15 Å². The van der Waals surface area contributed by atoms with Gasteiger partial charge in [0.1, 0.15) is 5.76 Å². The predicted octanol–water partition coefficient (Wildman–Crippen LogP) is 2.31. The molecule has 0 aromatic carbocycles. The summed E-state index contributed by atoms with van der Waals surface area (Å²) >= 11 is 0. The molecule has 4 nitrogen and oxygen atoms in total. The van der Waals surface area contributed by atoms with Crippen molar-refractivity contribution in [2.45, 2.75) is 38.6 Å². The third-order valence-corrected chi connectivity index (χ3v) is 3.56. The minimum atomic E-state index is 0.579. The Morgan fingerprint density at radius 2 is 2.41 bits per heavy atom. The van der Waals surface area contributed by atoms with Gasteiger partial charge in [0.2, 0.25) is 5.89 Å². The van der Waals surface area contributed by atoms with Crippen LogP contribution in [0.5, 0.6) is 0 Å². The van der Waals surface area contributed by atoms with Crippen LogP contribution in [0, 0.1) is 5.92 Å². The van der Waals surface area contributed by atoms with Crippen LogP contribution in [0.2, 0.25) is 0 Å². The highest BCUT2D eigenvalue weighted by Crippen LogP contribution is 2.39. The van der Waals surface area contributed by atoms with Crippen LogP contribution in [0.4, 0.5) is 0 Å². The number of methoxy groups -OCH3 is 1. The molecule has 2 atom stereocenters. The third kappa shape index (κ3) is 3.30. The Hall–Kier alpha value is -0.870. The van der Waals surface area contributed by atoms with Gasteiger partial charge in [-0.1, -0.05) is 13.3 Å². The molecule has 1 heterocycles. The fourth-order valence-corrected chi connectivity index (χ4v) is 2.52. The van der Waals surface area contributed by atoms with E-state index in [0.29, 0.717) is 19.1 Å². The second-order valence-corrected chi connectivity index (χ2v) is 4.84. The second kappa shape index (κ2) is 6.17. The molecular formula is C13H22N2O2. The van der Waals surface area contributed by atoms with Gasteiger partial charge in [0.25, 0.3) is 0 Å². The van der Waals surface area contributed by atoms with Crippen molar-refractivity contribution in [2.24, 2.45) is 5.92 Å². The van der Waals surface area contributed by atoms with Crippen LogP contribution in [0.3, 0.4) is 0 Å². The Morgan fingerprint density at radius 1 is 1.53 bits per heavy atom. The number of rotatable bonds is 6. The van der Waals surface area contributed by atoms with Crippen LogP contribution >= 0.6 is 0 Å². The molecule has 1 aliphatic rings. The van der Waals surface area contributed by atoms with Crippen LogP contribution in [-0.2, 0) is 11.3 Å². The van der Waals surface area contributed by atoms with Crippen LogP contribution < -0.4 is 5.32 Å². The van der Waals surface area contributed by atoms with E-state index in [9.17, 15) is 0 Å². The van der Waals surface area contributed by atoms with E-state index in [-0.39, 0.29) is 0 Å². The summed E-state index contributed by atoms with van der Waals surface area (Å²) in [6.07, 6.45) is 5.77. The summed E-state index contributed by atoms with van der Waals surface area (Å²) in [5, 5.41) is 3.24. The lowest BCUT2D eigenvalue weighted by molar-refractivity contribution is 0.198. The van der Waals surface area contributed by atoms with Gasteiger partial charge in [-0.2, -0.15) is 0 Å². The number of hydrogen-bond donors (Lipinski definition) is 1. The van der Waals surface area contributed by atoms with E-state index < -0.39 is 0 Å². The molecule has 2 unspecified atom stereocenters. The highest BCUT2D eigenvalue weighted by atomic mass is 16.5. The van der Waals surface area contributed by atoms with E-state index in [0.717, 1.165) is 24.1 Å². The molecule has 1 saturated carbocycles. The summed E-state index contributed by atoms with van der Waals surface area (Å²) in [5.41, 5.74) is 0. The van der Waals surface area contributed by atoms with Gasteiger partial charge in [0, 0.05) is 19.6 Å². The number of oxazole rings is 1. The topological polar surface area (TPSA) is 47.3 Å². The molecule has 1 fully saturated rings. The van der Waals surface area contributed by atoms with Gasteiger partial charge in [-0.3, -0.25) is 0 Å². The molecule has 0 amide bonds. The van der Waals surface area contributed by atoms with Crippen molar-refractivity contribution in [2.75, 3.05) is 20.3 Å². The van der Waals surface area contributed by atoms with Crippen LogP contribution in [0.25, 0.3) is 0 Å². The molecule has 1 N–H and O–H groups in total. The molecule has 2 rings (SSSR count). The molecule has 1 aromatic heterocycles. The lowest BCUT2D eigenvalue weighted by atomic mass is 9.96. The summed E-state index contributed by atoms with van der Waals surface area (Å²) in [6.45, 7) is 4.53. The molecule has 0 bridgehead atoms. The highest BCUT2D eigenvalue weighted by molar-refractivity contribution is 5.05. The van der Waals surface area contributed by atoms with E-state index in [1.54, 1.807) is 7.11 Å². The monoisotopic (exact) mass is 238 g/mol. The average Bonchev–Trinajstić information content (AvgIpc) is 2.93. The van der Waals surface area contributed by atoms with E-state index >= 15 is 0 Å². The van der Waals surface area contributed by atoms with Gasteiger partial charge in [-0.25, -0.2) is 4.98 Å². The number of ether oxygens (including phenoxy) is 1. The maximum Gasteiger partial charge on any atom is 0.208 e. The van der Waals surface area contributed by atoms with Gasteiger partial charge in [0.15, 0.2) is 0 Å². The van der Waals surface area contributed by atoms with Gasteiger partial charge >= 0.3 is 0 Å². The number of nitrogens with zero attached hydrogens (tertiary/aromatic N) is 1. The Labute approximate surface area is 103 Å². The molecule has 1 aliphatic carbocycles. The summed E-state index contributed by atoms with van der Waals surface area (Å²) in [6, 6.07) is 0. The van der Waals surface area contributed by atoms with Gasteiger partial charge in [-0.15, -0.1) is 0 Å². The van der Waals surface area contributed by atoms with Crippen LogP contribution in [-0.4, -0.2) is 25.2 Å². The first kappa shape index (κ1) is 12.6. The fourth-order valence-electron chi connectivity index (χ4n) is 2.52. The Kier molecular flexibility index (Phi) is 4.57. The molecule has 0 spiro atoms. The third-order valence-electron chi connectivity index (χ3n) is 3.56. The summed E-state index contributed by atoms with van der Waals surface area (Å²) in [5.74, 6) is 3.17. The van der Waals surface area contributed by atoms with Gasteiger partial charge < -0.3 is 14.5 Å². The standard InChI is InChI=1S/C13H22N2O2/c1-10-4-3-5-11(10)12-8-15-13(17-12)9-14-6-7-16-2/h8,10-11,14H,3-7,9H2,1-2H3. The average molecular weight is 238 g/mol. The molecule has 0 radical (unpaired) electrons. The van der Waals surface area contributed by atoms with Crippen LogP contribution in [0.15, 0.2) is 10.6 Å².